The van der Waals surface area contributed by atoms with E-state index in [1.54, 1.807) is 4.68 Å². The van der Waals surface area contributed by atoms with E-state index in [1.807, 2.05) is 42.5 Å². The Hall–Kier alpha value is -2.49. The minimum absolute atomic E-state index is 0.659. The molecule has 0 aliphatic carbocycles. The number of hydrogen-bond acceptors (Lipinski definition) is 3. The topological polar surface area (TPSA) is 43.6 Å². The van der Waals surface area contributed by atoms with Crippen LogP contribution in [0.3, 0.4) is 0 Å². The van der Waals surface area contributed by atoms with Crippen LogP contribution in [0.1, 0.15) is 5.56 Å². The fraction of sp³-hybridized carbons (Fsp3) is 0.0714. The molecule has 1 radical (unpaired) electrons. The van der Waals surface area contributed by atoms with Gasteiger partial charge in [-0.3, -0.25) is 0 Å². The Morgan fingerprint density at radius 1 is 1.00 bits per heavy atom. The first-order valence-electron chi connectivity index (χ1n) is 5.71. The molecule has 0 saturated carbocycles. The van der Waals surface area contributed by atoms with Crippen molar-refractivity contribution in [2.75, 3.05) is 0 Å². The van der Waals surface area contributed by atoms with E-state index in [2.05, 4.69) is 33.7 Å². The molecule has 3 rings (SSSR count). The average molecular weight is 235 g/mol. The van der Waals surface area contributed by atoms with Crippen LogP contribution < -0.4 is 0 Å². The molecule has 0 unspecified atom stereocenters. The van der Waals surface area contributed by atoms with E-state index in [4.69, 9.17) is 0 Å². The van der Waals surface area contributed by atoms with Crippen molar-refractivity contribution < 1.29 is 0 Å². The summed E-state index contributed by atoms with van der Waals surface area (Å²) in [5.74, 6) is 0.736. The SMILES string of the molecule is [c]1ccccc1-c1nnnn1Cc1ccccc1. The van der Waals surface area contributed by atoms with Gasteiger partial charge in [0.25, 0.3) is 0 Å². The van der Waals surface area contributed by atoms with Gasteiger partial charge in [-0.05, 0) is 22.1 Å². The van der Waals surface area contributed by atoms with Crippen LogP contribution in [0.4, 0.5) is 0 Å². The third-order valence-electron chi connectivity index (χ3n) is 2.66. The Morgan fingerprint density at radius 3 is 2.61 bits per heavy atom. The van der Waals surface area contributed by atoms with Crippen LogP contribution in [0.5, 0.6) is 0 Å². The molecule has 0 aliphatic heterocycles. The molecule has 4 heteroatoms. The van der Waals surface area contributed by atoms with Gasteiger partial charge in [0.05, 0.1) is 6.54 Å². The van der Waals surface area contributed by atoms with Crippen molar-refractivity contribution in [2.45, 2.75) is 6.54 Å². The predicted octanol–water partition coefficient (Wildman–Crippen LogP) is 2.19. The summed E-state index contributed by atoms with van der Waals surface area (Å²) >= 11 is 0. The summed E-state index contributed by atoms with van der Waals surface area (Å²) in [4.78, 5) is 0. The van der Waals surface area contributed by atoms with Gasteiger partial charge in [0, 0.05) is 5.56 Å². The highest BCUT2D eigenvalue weighted by molar-refractivity contribution is 5.53. The molecule has 0 aliphatic rings. The fourth-order valence-electron chi connectivity index (χ4n) is 1.79. The zero-order valence-electron chi connectivity index (χ0n) is 9.69. The van der Waals surface area contributed by atoms with Crippen LogP contribution in [-0.4, -0.2) is 20.2 Å². The van der Waals surface area contributed by atoms with Crippen LogP contribution in [0.15, 0.2) is 54.6 Å². The summed E-state index contributed by atoms with van der Waals surface area (Å²) in [5, 5.41) is 11.8. The lowest BCUT2D eigenvalue weighted by Crippen LogP contribution is -2.04. The monoisotopic (exact) mass is 235 g/mol. The van der Waals surface area contributed by atoms with Crippen molar-refractivity contribution in [3.8, 4) is 11.4 Å². The largest absolute Gasteiger partial charge is 0.221 e. The quantitative estimate of drug-likeness (QED) is 0.699. The van der Waals surface area contributed by atoms with Gasteiger partial charge in [-0.15, -0.1) is 5.10 Å². The Balaban J connectivity index is 1.93. The predicted molar refractivity (Wildman–Crippen MR) is 67.6 cm³/mol. The maximum absolute atomic E-state index is 4.05. The number of benzene rings is 2. The highest BCUT2D eigenvalue weighted by atomic mass is 15.5. The highest BCUT2D eigenvalue weighted by Gasteiger charge is 2.08. The van der Waals surface area contributed by atoms with E-state index in [1.165, 1.54) is 5.56 Å². The third-order valence-corrected chi connectivity index (χ3v) is 2.66. The molecular weight excluding hydrogens is 224 g/mol. The number of rotatable bonds is 3. The Morgan fingerprint density at radius 2 is 1.83 bits per heavy atom. The van der Waals surface area contributed by atoms with Gasteiger partial charge in [-0.25, -0.2) is 4.68 Å². The van der Waals surface area contributed by atoms with E-state index >= 15 is 0 Å². The normalized spacial score (nSPS) is 10.4. The molecule has 87 valence electrons. The van der Waals surface area contributed by atoms with Crippen molar-refractivity contribution >= 4 is 0 Å². The lowest BCUT2D eigenvalue weighted by atomic mass is 10.2. The Bertz CT molecular complexity index is 617. The van der Waals surface area contributed by atoms with E-state index in [0.29, 0.717) is 6.54 Å². The fourth-order valence-corrected chi connectivity index (χ4v) is 1.79. The van der Waals surface area contributed by atoms with Crippen molar-refractivity contribution in [2.24, 2.45) is 0 Å². The molecule has 0 amide bonds. The Labute approximate surface area is 105 Å². The van der Waals surface area contributed by atoms with Crippen LogP contribution >= 0.6 is 0 Å². The number of aromatic nitrogens is 4. The minimum atomic E-state index is 0.659. The summed E-state index contributed by atoms with van der Waals surface area (Å²) < 4.78 is 1.78. The zero-order valence-corrected chi connectivity index (χ0v) is 9.69. The first-order chi connectivity index (χ1) is 8.93. The molecule has 4 nitrogen and oxygen atoms in total. The van der Waals surface area contributed by atoms with Gasteiger partial charge >= 0.3 is 0 Å². The molecule has 1 aromatic heterocycles. The molecule has 1 heterocycles. The van der Waals surface area contributed by atoms with Gasteiger partial charge in [-0.2, -0.15) is 0 Å². The van der Waals surface area contributed by atoms with Gasteiger partial charge in [0.1, 0.15) is 0 Å². The van der Waals surface area contributed by atoms with Gasteiger partial charge in [0.2, 0.25) is 0 Å². The molecule has 3 aromatic rings. The summed E-state index contributed by atoms with van der Waals surface area (Å²) in [6, 6.07) is 20.9. The van der Waals surface area contributed by atoms with Crippen LogP contribution in [0.2, 0.25) is 0 Å². The molecule has 0 bridgehead atoms. The van der Waals surface area contributed by atoms with E-state index in [9.17, 15) is 0 Å². The second-order valence-electron chi connectivity index (χ2n) is 3.92. The van der Waals surface area contributed by atoms with Crippen molar-refractivity contribution in [1.82, 2.24) is 20.2 Å². The van der Waals surface area contributed by atoms with Crippen molar-refractivity contribution in [1.29, 1.82) is 0 Å². The lowest BCUT2D eigenvalue weighted by Gasteiger charge is -2.04. The van der Waals surface area contributed by atoms with Gasteiger partial charge < -0.3 is 0 Å². The maximum Gasteiger partial charge on any atom is 0.182 e. The van der Waals surface area contributed by atoms with Gasteiger partial charge in [-0.1, -0.05) is 54.6 Å². The lowest BCUT2D eigenvalue weighted by molar-refractivity contribution is 0.653. The second-order valence-corrected chi connectivity index (χ2v) is 3.92. The minimum Gasteiger partial charge on any atom is -0.221 e. The molecule has 18 heavy (non-hydrogen) atoms. The maximum atomic E-state index is 4.05. The number of tetrazole rings is 1. The van der Waals surface area contributed by atoms with Crippen LogP contribution in [-0.2, 0) is 6.54 Å². The smallest absolute Gasteiger partial charge is 0.182 e. The number of nitrogens with zero attached hydrogens (tertiary/aromatic N) is 4. The first-order valence-corrected chi connectivity index (χ1v) is 5.71. The highest BCUT2D eigenvalue weighted by Crippen LogP contribution is 2.15. The molecule has 0 fully saturated rings. The third kappa shape index (κ3) is 2.13. The Kier molecular flexibility index (Phi) is 2.84. The van der Waals surface area contributed by atoms with E-state index in [0.717, 1.165) is 11.4 Å². The van der Waals surface area contributed by atoms with E-state index in [-0.39, 0.29) is 0 Å². The molecule has 0 atom stereocenters. The van der Waals surface area contributed by atoms with Crippen molar-refractivity contribution in [3.63, 3.8) is 0 Å². The second kappa shape index (κ2) is 4.79. The van der Waals surface area contributed by atoms with E-state index < -0.39 is 0 Å². The summed E-state index contributed by atoms with van der Waals surface area (Å²) in [6.45, 7) is 0.659. The summed E-state index contributed by atoms with van der Waals surface area (Å²) in [5.41, 5.74) is 2.07. The van der Waals surface area contributed by atoms with Crippen LogP contribution in [0, 0.1) is 6.07 Å². The standard InChI is InChI=1S/C14H11N4/c1-3-7-12(8-4-1)11-18-14(15-16-17-18)13-9-5-2-6-10-13/h1-9H,11H2. The molecule has 0 saturated heterocycles. The summed E-state index contributed by atoms with van der Waals surface area (Å²) in [7, 11) is 0. The molecule has 0 N–H and O–H groups in total. The zero-order chi connectivity index (χ0) is 12.2. The molecular formula is C14H11N4. The molecule has 0 spiro atoms. The van der Waals surface area contributed by atoms with Crippen molar-refractivity contribution in [3.05, 3.63) is 66.2 Å². The first kappa shape index (κ1) is 10.7. The summed E-state index contributed by atoms with van der Waals surface area (Å²) in [6.07, 6.45) is 0. The van der Waals surface area contributed by atoms with Gasteiger partial charge in [0.15, 0.2) is 5.82 Å². The average Bonchev–Trinajstić information content (AvgIpc) is 2.89. The van der Waals surface area contributed by atoms with Crippen LogP contribution in [0.25, 0.3) is 11.4 Å². The number of hydrogen-bond donors (Lipinski definition) is 0. The molecule has 2 aromatic carbocycles.